The minimum absolute atomic E-state index is 0.306. The highest BCUT2D eigenvalue weighted by molar-refractivity contribution is 8.23. The molecule has 0 amide bonds. The Kier molecular flexibility index (Phi) is 4.33. The van der Waals surface area contributed by atoms with E-state index in [-0.39, 0.29) is 5.97 Å². The predicted octanol–water partition coefficient (Wildman–Crippen LogP) is 2.71. The molecule has 94 valence electrons. The summed E-state index contributed by atoms with van der Waals surface area (Å²) in [4.78, 5) is 15.6. The van der Waals surface area contributed by atoms with Crippen LogP contribution < -0.4 is 5.32 Å². The molecule has 2 rings (SSSR count). The summed E-state index contributed by atoms with van der Waals surface area (Å²) in [6.07, 6.45) is 0. The number of aliphatic imine (C=N–C) groups is 1. The maximum Gasteiger partial charge on any atom is 0.338 e. The van der Waals surface area contributed by atoms with Crippen LogP contribution in [0.5, 0.6) is 0 Å². The van der Waals surface area contributed by atoms with Crippen LogP contribution in [0, 0.1) is 0 Å². The maximum atomic E-state index is 11.5. The summed E-state index contributed by atoms with van der Waals surface area (Å²) < 4.78 is 5.57. The largest absolute Gasteiger partial charge is 0.462 e. The lowest BCUT2D eigenvalue weighted by Gasteiger charge is -2.06. The van der Waals surface area contributed by atoms with Gasteiger partial charge in [-0.2, -0.15) is 0 Å². The molecule has 0 unspecified atom stereocenters. The van der Waals surface area contributed by atoms with Crippen LogP contribution in [-0.4, -0.2) is 28.5 Å². The van der Waals surface area contributed by atoms with E-state index in [1.807, 2.05) is 12.1 Å². The molecule has 4 nitrogen and oxygen atoms in total. The van der Waals surface area contributed by atoms with Gasteiger partial charge in [-0.1, -0.05) is 24.0 Å². The van der Waals surface area contributed by atoms with Crippen LogP contribution in [-0.2, 0) is 4.74 Å². The molecule has 0 saturated carbocycles. The third kappa shape index (κ3) is 3.30. The molecule has 0 radical (unpaired) electrons. The average molecular weight is 280 g/mol. The topological polar surface area (TPSA) is 50.7 Å². The van der Waals surface area contributed by atoms with Gasteiger partial charge in [0, 0.05) is 5.69 Å². The number of nitrogens with zero attached hydrogens (tertiary/aromatic N) is 1. The summed E-state index contributed by atoms with van der Waals surface area (Å²) in [5.41, 5.74) is 1.42. The van der Waals surface area contributed by atoms with E-state index in [1.165, 1.54) is 11.8 Å². The molecular weight excluding hydrogens is 268 g/mol. The number of esters is 1. The first-order chi connectivity index (χ1) is 8.69. The van der Waals surface area contributed by atoms with E-state index < -0.39 is 0 Å². The number of hydrogen-bond acceptors (Lipinski definition) is 5. The van der Waals surface area contributed by atoms with E-state index in [1.54, 1.807) is 19.1 Å². The van der Waals surface area contributed by atoms with E-state index >= 15 is 0 Å². The molecule has 0 aliphatic carbocycles. The second kappa shape index (κ2) is 5.97. The summed E-state index contributed by atoms with van der Waals surface area (Å²) >= 11 is 6.50. The number of benzene rings is 1. The first-order valence-electron chi connectivity index (χ1n) is 5.47. The number of ether oxygens (including phenoxy) is 1. The van der Waals surface area contributed by atoms with Gasteiger partial charge in [-0.3, -0.25) is 0 Å². The summed E-state index contributed by atoms with van der Waals surface area (Å²) in [6.45, 7) is 2.16. The van der Waals surface area contributed by atoms with E-state index in [0.29, 0.717) is 16.5 Å². The van der Waals surface area contributed by atoms with E-state index in [4.69, 9.17) is 17.0 Å². The molecule has 0 atom stereocenters. The smallest absolute Gasteiger partial charge is 0.338 e. The fourth-order valence-electron chi connectivity index (χ4n) is 1.44. The number of rotatable bonds is 3. The lowest BCUT2D eigenvalue weighted by molar-refractivity contribution is 0.0526. The molecule has 1 aliphatic rings. The van der Waals surface area contributed by atoms with Gasteiger partial charge in [0.25, 0.3) is 0 Å². The highest BCUT2D eigenvalue weighted by Crippen LogP contribution is 2.17. The summed E-state index contributed by atoms with van der Waals surface area (Å²) in [7, 11) is 0. The molecule has 0 saturated heterocycles. The number of thiocarbonyl (C=S) groups is 1. The van der Waals surface area contributed by atoms with E-state index in [2.05, 4.69) is 10.3 Å². The van der Waals surface area contributed by atoms with Gasteiger partial charge < -0.3 is 10.1 Å². The molecule has 1 aromatic carbocycles. The van der Waals surface area contributed by atoms with Gasteiger partial charge in [0.1, 0.15) is 5.84 Å². The molecule has 1 aliphatic heterocycles. The fourth-order valence-corrected chi connectivity index (χ4v) is 2.30. The Morgan fingerprint density at radius 2 is 2.22 bits per heavy atom. The fraction of sp³-hybridized carbons (Fsp3) is 0.250. The van der Waals surface area contributed by atoms with Crippen LogP contribution >= 0.6 is 24.0 Å². The van der Waals surface area contributed by atoms with Crippen molar-refractivity contribution in [2.75, 3.05) is 17.7 Å². The van der Waals surface area contributed by atoms with Crippen LogP contribution in [0.1, 0.15) is 17.3 Å². The molecule has 0 fully saturated rings. The van der Waals surface area contributed by atoms with Crippen molar-refractivity contribution in [2.45, 2.75) is 6.92 Å². The lowest BCUT2D eigenvalue weighted by atomic mass is 10.2. The summed E-state index contributed by atoms with van der Waals surface area (Å²) in [5, 5.41) is 3.16. The number of hydrogen-bond donors (Lipinski definition) is 1. The van der Waals surface area contributed by atoms with Gasteiger partial charge in [-0.05, 0) is 31.2 Å². The van der Waals surface area contributed by atoms with Crippen molar-refractivity contribution in [3.63, 3.8) is 0 Å². The van der Waals surface area contributed by atoms with Crippen molar-refractivity contribution in [3.05, 3.63) is 29.8 Å². The number of thioether (sulfide) groups is 1. The zero-order valence-electron chi connectivity index (χ0n) is 9.80. The normalized spacial score (nSPS) is 14.3. The van der Waals surface area contributed by atoms with Gasteiger partial charge in [-0.15, -0.1) is 0 Å². The number of nitrogens with one attached hydrogen (secondary N) is 1. The van der Waals surface area contributed by atoms with Crippen LogP contribution in [0.3, 0.4) is 0 Å². The minimum Gasteiger partial charge on any atom is -0.462 e. The molecule has 1 N–H and O–H groups in total. The van der Waals surface area contributed by atoms with Crippen molar-refractivity contribution in [1.29, 1.82) is 0 Å². The Morgan fingerprint density at radius 1 is 1.50 bits per heavy atom. The van der Waals surface area contributed by atoms with Crippen LogP contribution in [0.15, 0.2) is 29.3 Å². The second-order valence-electron chi connectivity index (χ2n) is 3.54. The van der Waals surface area contributed by atoms with Crippen molar-refractivity contribution in [3.8, 4) is 0 Å². The zero-order valence-corrected chi connectivity index (χ0v) is 11.4. The number of carbonyl (C=O) groups excluding carboxylic acids is 1. The van der Waals surface area contributed by atoms with Crippen molar-refractivity contribution >= 4 is 45.8 Å². The molecule has 18 heavy (non-hydrogen) atoms. The highest BCUT2D eigenvalue weighted by Gasteiger charge is 2.12. The Labute approximate surface area is 115 Å². The minimum atomic E-state index is -0.306. The quantitative estimate of drug-likeness (QED) is 0.681. The molecule has 0 aromatic heterocycles. The van der Waals surface area contributed by atoms with Gasteiger partial charge in [0.05, 0.1) is 17.9 Å². The first kappa shape index (κ1) is 13.0. The Morgan fingerprint density at radius 3 is 2.78 bits per heavy atom. The van der Waals surface area contributed by atoms with Crippen molar-refractivity contribution in [1.82, 2.24) is 0 Å². The highest BCUT2D eigenvalue weighted by atomic mass is 32.2. The van der Waals surface area contributed by atoms with Crippen molar-refractivity contribution in [2.24, 2.45) is 4.99 Å². The lowest BCUT2D eigenvalue weighted by Crippen LogP contribution is -2.11. The first-order valence-corrected chi connectivity index (χ1v) is 6.87. The summed E-state index contributed by atoms with van der Waals surface area (Å²) in [6, 6.07) is 7.09. The molecule has 0 bridgehead atoms. The Hall–Kier alpha value is -1.40. The number of carbonyl (C=O) groups is 1. The van der Waals surface area contributed by atoms with E-state index in [0.717, 1.165) is 17.3 Å². The molecule has 1 heterocycles. The third-order valence-electron chi connectivity index (χ3n) is 2.24. The van der Waals surface area contributed by atoms with E-state index in [9.17, 15) is 4.79 Å². The van der Waals surface area contributed by atoms with Crippen LogP contribution in [0.4, 0.5) is 5.69 Å². The Balaban J connectivity index is 2.02. The summed E-state index contributed by atoms with van der Waals surface area (Å²) in [5.74, 6) is 1.30. The Bertz CT molecular complexity index is 497. The number of anilines is 1. The van der Waals surface area contributed by atoms with Crippen LogP contribution in [0.25, 0.3) is 0 Å². The SMILES string of the molecule is CCOC(=O)c1ccc(NC2=NC(=S)SC2)cc1. The molecular formula is C12H12N2O2S2. The standard InChI is InChI=1S/C12H12N2O2S2/c1-2-16-11(15)8-3-5-9(6-4-8)13-10-7-18-12(17)14-10/h3-6H,2,7H2,1H3,(H,13,14,17). The third-order valence-corrected chi connectivity index (χ3v) is 3.44. The van der Waals surface area contributed by atoms with Gasteiger partial charge in [0.2, 0.25) is 0 Å². The van der Waals surface area contributed by atoms with Gasteiger partial charge in [0.15, 0.2) is 4.32 Å². The zero-order chi connectivity index (χ0) is 13.0. The number of amidine groups is 1. The van der Waals surface area contributed by atoms with Crippen molar-refractivity contribution < 1.29 is 9.53 Å². The van der Waals surface area contributed by atoms with Gasteiger partial charge >= 0.3 is 5.97 Å². The monoisotopic (exact) mass is 280 g/mol. The predicted molar refractivity (Wildman–Crippen MR) is 78.5 cm³/mol. The molecule has 6 heteroatoms. The van der Waals surface area contributed by atoms with Crippen LogP contribution in [0.2, 0.25) is 0 Å². The average Bonchev–Trinajstić information content (AvgIpc) is 2.76. The van der Waals surface area contributed by atoms with Gasteiger partial charge in [-0.25, -0.2) is 9.79 Å². The second-order valence-corrected chi connectivity index (χ2v) is 5.15. The molecule has 1 aromatic rings. The maximum absolute atomic E-state index is 11.5. The molecule has 0 spiro atoms.